The van der Waals surface area contributed by atoms with Gasteiger partial charge in [0.05, 0.1) is 0 Å². The van der Waals surface area contributed by atoms with Gasteiger partial charge in [0.1, 0.15) is 0 Å². The van der Waals surface area contributed by atoms with E-state index in [0.717, 1.165) is 28.2 Å². The number of hydrogen-bond acceptors (Lipinski definition) is 2. The van der Waals surface area contributed by atoms with Gasteiger partial charge in [-0.3, -0.25) is 4.98 Å². The van der Waals surface area contributed by atoms with Crippen molar-refractivity contribution in [3.8, 4) is 33.4 Å². The molecule has 1 aromatic heterocycles. The van der Waals surface area contributed by atoms with E-state index in [0.29, 0.717) is 0 Å². The lowest BCUT2D eigenvalue weighted by molar-refractivity contribution is 0.628. The molecule has 6 aromatic carbocycles. The first-order valence-corrected chi connectivity index (χ1v) is 16.6. The highest BCUT2D eigenvalue weighted by atomic mass is 15.1. The minimum absolute atomic E-state index is 0.149. The summed E-state index contributed by atoms with van der Waals surface area (Å²) >= 11 is 0. The molecule has 2 aliphatic carbocycles. The monoisotopic (exact) mass is 614 g/mol. The molecule has 0 bridgehead atoms. The second-order valence-corrected chi connectivity index (χ2v) is 13.4. The summed E-state index contributed by atoms with van der Waals surface area (Å²) in [7, 11) is 0. The Bertz CT molecular complexity index is 2400. The van der Waals surface area contributed by atoms with Crippen molar-refractivity contribution >= 4 is 38.5 Å². The third-order valence-corrected chi connectivity index (χ3v) is 9.73. The van der Waals surface area contributed by atoms with Crippen LogP contribution >= 0.6 is 0 Å². The zero-order valence-electron chi connectivity index (χ0n) is 27.1. The molecule has 0 N–H and O–H groups in total. The Morgan fingerprint density at radius 3 is 1.98 bits per heavy atom. The molecule has 0 radical (unpaired) electrons. The first-order valence-electron chi connectivity index (χ1n) is 16.6. The van der Waals surface area contributed by atoms with E-state index in [-0.39, 0.29) is 5.41 Å². The SMILES string of the molecule is CC1(C)C=CC(N(c2ccccc2)c2ccc(-c3cccnc3)cc2)=CC(c2ccc3c4c(cccc24)-c2cc4ccccc4cc2-3)=C1. The molecule has 2 heteroatoms. The second-order valence-electron chi connectivity index (χ2n) is 13.4. The van der Waals surface area contributed by atoms with E-state index in [1.807, 2.05) is 18.5 Å². The van der Waals surface area contributed by atoms with Crippen molar-refractivity contribution in [3.05, 3.63) is 181 Å². The Kier molecular flexibility index (Phi) is 6.51. The Hall–Kier alpha value is -5.99. The van der Waals surface area contributed by atoms with Crippen LogP contribution in [0.25, 0.3) is 60.5 Å². The molecule has 9 rings (SSSR count). The molecule has 0 atom stereocenters. The van der Waals surface area contributed by atoms with Gasteiger partial charge in [0, 0.05) is 34.9 Å². The summed E-state index contributed by atoms with van der Waals surface area (Å²) in [5.41, 5.74) is 13.2. The third kappa shape index (κ3) is 4.77. The standard InChI is InChI=1S/C46H34N2/c1-46(2)24-23-38(48(36-13-4-3-5-14-36)37-19-17-31(18-20-37)34-12-9-25-47-30-34)26-35(29-46)39-21-22-42-44-28-33-11-7-6-10-32(33)27-43(44)41-16-8-15-40(39)45(41)42/h3-30H,1-2H3. The van der Waals surface area contributed by atoms with Crippen LogP contribution in [0.4, 0.5) is 11.4 Å². The fraction of sp³-hybridized carbons (Fsp3) is 0.0652. The van der Waals surface area contributed by atoms with Gasteiger partial charge >= 0.3 is 0 Å². The van der Waals surface area contributed by atoms with Crippen LogP contribution in [0.5, 0.6) is 0 Å². The van der Waals surface area contributed by atoms with Crippen LogP contribution in [0.1, 0.15) is 19.4 Å². The number of hydrogen-bond donors (Lipinski definition) is 0. The predicted molar refractivity (Wildman–Crippen MR) is 203 cm³/mol. The maximum absolute atomic E-state index is 4.33. The molecule has 2 nitrogen and oxygen atoms in total. The lowest BCUT2D eigenvalue weighted by Gasteiger charge is -2.27. The summed E-state index contributed by atoms with van der Waals surface area (Å²) in [6, 6.07) is 48.5. The molecule has 1 heterocycles. The summed E-state index contributed by atoms with van der Waals surface area (Å²) in [6.45, 7) is 4.58. The normalized spacial score (nSPS) is 14.4. The fourth-order valence-corrected chi connectivity index (χ4v) is 7.45. The zero-order valence-corrected chi connectivity index (χ0v) is 27.1. The van der Waals surface area contributed by atoms with Crippen LogP contribution in [0.15, 0.2) is 176 Å². The van der Waals surface area contributed by atoms with Crippen LogP contribution < -0.4 is 4.90 Å². The molecule has 0 fully saturated rings. The first kappa shape index (κ1) is 28.3. The molecule has 0 saturated carbocycles. The van der Waals surface area contributed by atoms with Crippen molar-refractivity contribution in [1.82, 2.24) is 4.98 Å². The molecular formula is C46H34N2. The van der Waals surface area contributed by atoms with Gasteiger partial charge in [0.15, 0.2) is 0 Å². The summed E-state index contributed by atoms with van der Waals surface area (Å²) < 4.78 is 0. The number of fused-ring (bicyclic) bond motifs is 4. The Balaban J connectivity index is 1.20. The van der Waals surface area contributed by atoms with Crippen LogP contribution in [-0.4, -0.2) is 4.98 Å². The largest absolute Gasteiger partial charge is 0.310 e. The van der Waals surface area contributed by atoms with Gasteiger partial charge in [-0.15, -0.1) is 0 Å². The summed E-state index contributed by atoms with van der Waals surface area (Å²) in [5, 5.41) is 5.19. The van der Waals surface area contributed by atoms with Gasteiger partial charge < -0.3 is 4.90 Å². The number of aromatic nitrogens is 1. The highest BCUT2D eigenvalue weighted by Gasteiger charge is 2.26. The van der Waals surface area contributed by atoms with Gasteiger partial charge in [-0.1, -0.05) is 117 Å². The van der Waals surface area contributed by atoms with E-state index >= 15 is 0 Å². The van der Waals surface area contributed by atoms with Gasteiger partial charge in [-0.05, 0) is 121 Å². The van der Waals surface area contributed by atoms with Gasteiger partial charge in [-0.25, -0.2) is 0 Å². The van der Waals surface area contributed by atoms with E-state index in [1.54, 1.807) is 0 Å². The molecule has 2 aliphatic rings. The van der Waals surface area contributed by atoms with Crippen molar-refractivity contribution in [2.75, 3.05) is 4.90 Å². The Morgan fingerprint density at radius 2 is 1.25 bits per heavy atom. The van der Waals surface area contributed by atoms with Crippen LogP contribution in [0.2, 0.25) is 0 Å². The Labute approximate surface area is 281 Å². The number of benzene rings is 6. The molecule has 0 saturated heterocycles. The van der Waals surface area contributed by atoms with Crippen LogP contribution in [0, 0.1) is 5.41 Å². The van der Waals surface area contributed by atoms with Crippen molar-refractivity contribution in [2.45, 2.75) is 13.8 Å². The molecule has 7 aromatic rings. The first-order chi connectivity index (χ1) is 23.5. The molecule has 0 spiro atoms. The zero-order chi connectivity index (χ0) is 32.2. The second kappa shape index (κ2) is 11.1. The van der Waals surface area contributed by atoms with Crippen molar-refractivity contribution < 1.29 is 0 Å². The third-order valence-electron chi connectivity index (χ3n) is 9.73. The number of anilines is 2. The average Bonchev–Trinajstić information content (AvgIpc) is 3.34. The average molecular weight is 615 g/mol. The lowest BCUT2D eigenvalue weighted by atomic mass is 9.87. The summed E-state index contributed by atoms with van der Waals surface area (Å²) in [4.78, 5) is 6.69. The highest BCUT2D eigenvalue weighted by Crippen LogP contribution is 2.50. The number of nitrogens with zero attached hydrogens (tertiary/aromatic N) is 2. The number of pyridine rings is 1. The Morgan fingerprint density at radius 1 is 0.562 bits per heavy atom. The summed E-state index contributed by atoms with van der Waals surface area (Å²) in [6.07, 6.45) is 13.1. The number of para-hydroxylation sites is 1. The number of rotatable bonds is 5. The van der Waals surface area contributed by atoms with E-state index in [9.17, 15) is 0 Å². The lowest BCUT2D eigenvalue weighted by Crippen LogP contribution is -2.15. The molecule has 0 aliphatic heterocycles. The van der Waals surface area contributed by atoms with Crippen LogP contribution in [0.3, 0.4) is 0 Å². The predicted octanol–water partition coefficient (Wildman–Crippen LogP) is 12.4. The smallest absolute Gasteiger partial charge is 0.0464 e. The van der Waals surface area contributed by atoms with Crippen molar-refractivity contribution in [3.63, 3.8) is 0 Å². The maximum atomic E-state index is 4.33. The summed E-state index contributed by atoms with van der Waals surface area (Å²) in [5.74, 6) is 0. The van der Waals surface area contributed by atoms with Gasteiger partial charge in [0.25, 0.3) is 0 Å². The molecular weight excluding hydrogens is 581 g/mol. The quantitative estimate of drug-likeness (QED) is 0.192. The van der Waals surface area contributed by atoms with E-state index in [4.69, 9.17) is 0 Å². The van der Waals surface area contributed by atoms with Crippen molar-refractivity contribution in [1.29, 1.82) is 0 Å². The molecule has 48 heavy (non-hydrogen) atoms. The minimum Gasteiger partial charge on any atom is -0.310 e. The fourth-order valence-electron chi connectivity index (χ4n) is 7.45. The topological polar surface area (TPSA) is 16.1 Å². The minimum atomic E-state index is -0.149. The van der Waals surface area contributed by atoms with Crippen molar-refractivity contribution in [2.24, 2.45) is 5.41 Å². The number of allylic oxidation sites excluding steroid dienone is 5. The maximum Gasteiger partial charge on any atom is 0.0464 e. The molecule has 0 amide bonds. The van der Waals surface area contributed by atoms with Gasteiger partial charge in [-0.2, -0.15) is 0 Å². The van der Waals surface area contributed by atoms with Crippen LogP contribution in [-0.2, 0) is 0 Å². The highest BCUT2D eigenvalue weighted by molar-refractivity contribution is 6.19. The van der Waals surface area contributed by atoms with Gasteiger partial charge in [0.2, 0.25) is 0 Å². The molecule has 228 valence electrons. The molecule has 0 unspecified atom stereocenters. The van der Waals surface area contributed by atoms with E-state index in [2.05, 4.69) is 175 Å². The van der Waals surface area contributed by atoms with E-state index < -0.39 is 0 Å². The van der Waals surface area contributed by atoms with E-state index in [1.165, 1.54) is 54.9 Å².